The van der Waals surface area contributed by atoms with E-state index in [1.807, 2.05) is 35.6 Å². The number of nitrogens with zero attached hydrogens (tertiary/aromatic N) is 3. The smallest absolute Gasteiger partial charge is 0.160 e. The number of hydrogen-bond acceptors (Lipinski definition) is 3. The summed E-state index contributed by atoms with van der Waals surface area (Å²) in [6.07, 6.45) is 0. The monoisotopic (exact) mass is 705 g/mol. The number of para-hydroxylation sites is 1. The molecule has 0 bridgehead atoms. The fourth-order valence-electron chi connectivity index (χ4n) is 7.98. The van der Waals surface area contributed by atoms with E-state index in [9.17, 15) is 0 Å². The molecule has 0 radical (unpaired) electrons. The van der Waals surface area contributed by atoms with E-state index >= 15 is 0 Å². The van der Waals surface area contributed by atoms with Crippen LogP contribution >= 0.6 is 11.3 Å². The Morgan fingerprint density at radius 2 is 0.889 bits per heavy atom. The SMILES string of the molecule is c1ccc(-c2nc(-c3ccccc3)c3cc(-c4ccc5c6ccc(-c7ccc8sc9ccccc9c8c7)cc6n(-c6ccccc6)c5c4)ccc3n2)cc1. The summed E-state index contributed by atoms with van der Waals surface area (Å²) < 4.78 is 5.06. The van der Waals surface area contributed by atoms with Crippen LogP contribution in [0.1, 0.15) is 0 Å². The predicted molar refractivity (Wildman–Crippen MR) is 229 cm³/mol. The van der Waals surface area contributed by atoms with Crippen LogP contribution in [0.15, 0.2) is 188 Å². The lowest BCUT2D eigenvalue weighted by Gasteiger charge is -2.12. The van der Waals surface area contributed by atoms with Crippen molar-refractivity contribution in [2.45, 2.75) is 0 Å². The highest BCUT2D eigenvalue weighted by Gasteiger charge is 2.17. The summed E-state index contributed by atoms with van der Waals surface area (Å²) in [5.74, 6) is 0.728. The van der Waals surface area contributed by atoms with Gasteiger partial charge >= 0.3 is 0 Å². The third kappa shape index (κ3) is 5.03. The summed E-state index contributed by atoms with van der Waals surface area (Å²) >= 11 is 1.86. The molecule has 0 fully saturated rings. The molecule has 0 spiro atoms. The lowest BCUT2D eigenvalue weighted by molar-refractivity contribution is 1.18. The van der Waals surface area contributed by atoms with E-state index in [2.05, 4.69) is 168 Å². The Kier molecular flexibility index (Phi) is 7.04. The highest BCUT2D eigenvalue weighted by atomic mass is 32.1. The Balaban J connectivity index is 1.09. The van der Waals surface area contributed by atoms with E-state index in [0.29, 0.717) is 0 Å². The molecule has 0 aliphatic carbocycles. The van der Waals surface area contributed by atoms with E-state index in [1.165, 1.54) is 53.1 Å². The molecule has 0 aliphatic rings. The molecule has 252 valence electrons. The minimum Gasteiger partial charge on any atom is -0.309 e. The van der Waals surface area contributed by atoms with Crippen molar-refractivity contribution in [1.29, 1.82) is 0 Å². The molecule has 0 N–H and O–H groups in total. The van der Waals surface area contributed by atoms with Crippen molar-refractivity contribution in [1.82, 2.24) is 14.5 Å². The number of benzene rings is 8. The van der Waals surface area contributed by atoms with E-state index in [4.69, 9.17) is 9.97 Å². The van der Waals surface area contributed by atoms with Crippen LogP contribution in [-0.4, -0.2) is 14.5 Å². The highest BCUT2D eigenvalue weighted by molar-refractivity contribution is 7.25. The van der Waals surface area contributed by atoms with Gasteiger partial charge in [-0.05, 0) is 76.9 Å². The fraction of sp³-hybridized carbons (Fsp3) is 0. The number of rotatable bonds is 5. The maximum atomic E-state index is 5.16. The first-order chi connectivity index (χ1) is 26.7. The average Bonchev–Trinajstić information content (AvgIpc) is 3.78. The predicted octanol–water partition coefficient (Wildman–Crippen LogP) is 13.8. The van der Waals surface area contributed by atoms with Crippen LogP contribution in [0.5, 0.6) is 0 Å². The molecule has 0 saturated heterocycles. The summed E-state index contributed by atoms with van der Waals surface area (Å²) in [6.45, 7) is 0. The molecule has 0 amide bonds. The van der Waals surface area contributed by atoms with Gasteiger partial charge in [0.2, 0.25) is 0 Å². The first-order valence-corrected chi connectivity index (χ1v) is 19.1. The van der Waals surface area contributed by atoms with E-state index in [1.54, 1.807) is 0 Å². The fourth-order valence-corrected chi connectivity index (χ4v) is 9.07. The van der Waals surface area contributed by atoms with Crippen LogP contribution in [0.4, 0.5) is 0 Å². The molecule has 8 aromatic carbocycles. The van der Waals surface area contributed by atoms with Crippen LogP contribution in [0.2, 0.25) is 0 Å². The van der Waals surface area contributed by atoms with Gasteiger partial charge in [0, 0.05) is 53.1 Å². The topological polar surface area (TPSA) is 30.7 Å². The summed E-state index contributed by atoms with van der Waals surface area (Å²) in [5.41, 5.74) is 12.1. The second-order valence-corrected chi connectivity index (χ2v) is 14.9. The summed E-state index contributed by atoms with van der Waals surface area (Å²) in [6, 6.07) is 67.4. The highest BCUT2D eigenvalue weighted by Crippen LogP contribution is 2.40. The van der Waals surface area contributed by atoms with Gasteiger partial charge in [-0.2, -0.15) is 0 Å². The first kappa shape index (κ1) is 30.7. The minimum absolute atomic E-state index is 0.728. The molecule has 0 aliphatic heterocycles. The van der Waals surface area contributed by atoms with Gasteiger partial charge in [-0.15, -0.1) is 11.3 Å². The van der Waals surface area contributed by atoms with Crippen molar-refractivity contribution in [3.8, 4) is 50.6 Å². The van der Waals surface area contributed by atoms with Gasteiger partial charge in [0.05, 0.1) is 22.2 Å². The summed E-state index contributed by atoms with van der Waals surface area (Å²) in [4.78, 5) is 10.2. The standard InChI is InChI=1S/C50H31N3S/c1-4-12-32(13-5-1)49-43-29-34(22-26-44(43)51-50(52-49)33-14-6-2-7-15-33)36-20-24-39-40-25-21-37(31-46(40)53(45(39)30-36)38-16-8-3-9-17-38)35-23-27-48-42(28-35)41-18-10-11-19-47(41)54-48/h1-31H. The zero-order valence-corrected chi connectivity index (χ0v) is 30.0. The van der Waals surface area contributed by atoms with Crippen molar-refractivity contribution in [2.75, 3.05) is 0 Å². The van der Waals surface area contributed by atoms with Crippen LogP contribution in [0, 0.1) is 0 Å². The Bertz CT molecular complexity index is 3200. The van der Waals surface area contributed by atoms with E-state index < -0.39 is 0 Å². The molecule has 0 unspecified atom stereocenters. The quantitative estimate of drug-likeness (QED) is 0.178. The molecular formula is C50H31N3S. The van der Waals surface area contributed by atoms with Crippen molar-refractivity contribution in [3.63, 3.8) is 0 Å². The molecular weight excluding hydrogens is 675 g/mol. The first-order valence-electron chi connectivity index (χ1n) is 18.2. The van der Waals surface area contributed by atoms with E-state index in [0.717, 1.165) is 50.4 Å². The molecule has 11 rings (SSSR count). The Labute approximate surface area is 316 Å². The number of aromatic nitrogens is 3. The van der Waals surface area contributed by atoms with Crippen LogP contribution in [0.3, 0.4) is 0 Å². The van der Waals surface area contributed by atoms with Crippen molar-refractivity contribution in [2.24, 2.45) is 0 Å². The molecule has 3 nitrogen and oxygen atoms in total. The number of hydrogen-bond donors (Lipinski definition) is 0. The van der Waals surface area contributed by atoms with Gasteiger partial charge in [0.15, 0.2) is 5.82 Å². The van der Waals surface area contributed by atoms with Crippen LogP contribution in [0.25, 0.3) is 103 Å². The molecule has 0 saturated carbocycles. The third-order valence-electron chi connectivity index (χ3n) is 10.6. The second-order valence-electron chi connectivity index (χ2n) is 13.8. The van der Waals surface area contributed by atoms with Crippen molar-refractivity contribution >= 4 is 64.2 Å². The lowest BCUT2D eigenvalue weighted by atomic mass is 9.98. The Hall–Kier alpha value is -6.88. The summed E-state index contributed by atoms with van der Waals surface area (Å²) in [7, 11) is 0. The molecule has 54 heavy (non-hydrogen) atoms. The second kappa shape index (κ2) is 12.4. The molecule has 4 heteroatoms. The van der Waals surface area contributed by atoms with Crippen molar-refractivity contribution in [3.05, 3.63) is 188 Å². The lowest BCUT2D eigenvalue weighted by Crippen LogP contribution is -1.96. The van der Waals surface area contributed by atoms with Gasteiger partial charge < -0.3 is 4.57 Å². The zero-order valence-electron chi connectivity index (χ0n) is 29.1. The maximum absolute atomic E-state index is 5.16. The van der Waals surface area contributed by atoms with Crippen molar-refractivity contribution < 1.29 is 0 Å². The molecule has 3 aromatic heterocycles. The zero-order chi connectivity index (χ0) is 35.6. The molecule has 0 atom stereocenters. The number of thiophene rings is 1. The van der Waals surface area contributed by atoms with Crippen LogP contribution < -0.4 is 0 Å². The van der Waals surface area contributed by atoms with Crippen LogP contribution in [-0.2, 0) is 0 Å². The van der Waals surface area contributed by atoms with Gasteiger partial charge in [0.25, 0.3) is 0 Å². The maximum Gasteiger partial charge on any atom is 0.160 e. The molecule has 3 heterocycles. The minimum atomic E-state index is 0.728. The van der Waals surface area contributed by atoms with Gasteiger partial charge in [-0.1, -0.05) is 133 Å². The van der Waals surface area contributed by atoms with Gasteiger partial charge in [-0.25, -0.2) is 9.97 Å². The number of fused-ring (bicyclic) bond motifs is 7. The third-order valence-corrected chi connectivity index (χ3v) is 11.8. The average molecular weight is 706 g/mol. The molecule has 11 aromatic rings. The normalized spacial score (nSPS) is 11.7. The van der Waals surface area contributed by atoms with E-state index in [-0.39, 0.29) is 0 Å². The Morgan fingerprint density at radius 3 is 1.59 bits per heavy atom. The summed E-state index contributed by atoms with van der Waals surface area (Å²) in [5, 5.41) is 6.12. The van der Waals surface area contributed by atoms with Gasteiger partial charge in [0.1, 0.15) is 0 Å². The Morgan fingerprint density at radius 1 is 0.352 bits per heavy atom. The van der Waals surface area contributed by atoms with Gasteiger partial charge in [-0.3, -0.25) is 0 Å². The largest absolute Gasteiger partial charge is 0.309 e.